The number of benzene rings is 2. The second-order valence-electron chi connectivity index (χ2n) is 9.70. The highest BCUT2D eigenvalue weighted by Gasteiger charge is 2.45. The molecule has 1 aliphatic carbocycles. The van der Waals surface area contributed by atoms with E-state index < -0.39 is 0 Å². The maximum absolute atomic E-state index is 14.0. The first kappa shape index (κ1) is 20.2. The number of carbonyl (C=O) groups is 2. The second kappa shape index (κ2) is 7.84. The summed E-state index contributed by atoms with van der Waals surface area (Å²) in [6, 6.07) is 18.3. The van der Waals surface area contributed by atoms with E-state index in [0.717, 1.165) is 59.0 Å². The van der Waals surface area contributed by atoms with Gasteiger partial charge in [0.1, 0.15) is 0 Å². The molecule has 3 aromatic rings. The van der Waals surface area contributed by atoms with Gasteiger partial charge in [-0.1, -0.05) is 48.5 Å². The molecule has 0 saturated carbocycles. The van der Waals surface area contributed by atoms with Crippen LogP contribution in [-0.4, -0.2) is 41.3 Å². The topological polar surface area (TPSA) is 62.3 Å². The number of allylic oxidation sites excluding steroid dienone is 1. The highest BCUT2D eigenvalue weighted by molar-refractivity contribution is 6.09. The maximum atomic E-state index is 14.0. The summed E-state index contributed by atoms with van der Waals surface area (Å²) < 4.78 is 0. The Balaban J connectivity index is 1.45. The van der Waals surface area contributed by atoms with Gasteiger partial charge in [0.15, 0.2) is 0 Å². The van der Waals surface area contributed by atoms with Crippen molar-refractivity contribution in [3.8, 4) is 0 Å². The third-order valence-electron chi connectivity index (χ3n) is 7.45. The normalized spacial score (nSPS) is 23.3. The van der Waals surface area contributed by atoms with Crippen LogP contribution in [0.25, 0.3) is 22.6 Å². The van der Waals surface area contributed by atoms with Gasteiger partial charge >= 0.3 is 0 Å². The standard InChI is InChI=1S/C28H27N3O2/c32-24-16-28(17-29-24)13-14-31(18-28)27(33)25-21-10-4-5-12-23(21)30-26-20(9-6-11-22(25)26)15-19-7-2-1-3-8-19/h1-5,7-8,10,12,15H,6,9,11,13-14,16-18H2,(H,29,32)/b20-15-. The Bertz CT molecular complexity index is 1300. The average Bonchev–Trinajstić information content (AvgIpc) is 3.43. The smallest absolute Gasteiger partial charge is 0.254 e. The lowest BCUT2D eigenvalue weighted by atomic mass is 9.85. The molecule has 5 heteroatoms. The van der Waals surface area contributed by atoms with E-state index in [0.29, 0.717) is 26.1 Å². The second-order valence-corrected chi connectivity index (χ2v) is 9.70. The lowest BCUT2D eigenvalue weighted by molar-refractivity contribution is -0.119. The summed E-state index contributed by atoms with van der Waals surface area (Å²) in [7, 11) is 0. The zero-order valence-corrected chi connectivity index (χ0v) is 18.6. The van der Waals surface area contributed by atoms with Crippen molar-refractivity contribution in [2.24, 2.45) is 5.41 Å². The van der Waals surface area contributed by atoms with E-state index in [1.807, 2.05) is 47.4 Å². The van der Waals surface area contributed by atoms with Crippen molar-refractivity contribution in [1.82, 2.24) is 15.2 Å². The third-order valence-corrected chi connectivity index (χ3v) is 7.45. The molecule has 1 spiro atoms. The number of nitrogens with one attached hydrogen (secondary N) is 1. The van der Waals surface area contributed by atoms with Gasteiger partial charge in [-0.3, -0.25) is 9.59 Å². The van der Waals surface area contributed by atoms with Crippen LogP contribution in [-0.2, 0) is 11.2 Å². The van der Waals surface area contributed by atoms with Gasteiger partial charge < -0.3 is 10.2 Å². The minimum Gasteiger partial charge on any atom is -0.355 e. The lowest BCUT2D eigenvalue weighted by Crippen LogP contribution is -2.34. The number of aromatic nitrogens is 1. The number of amides is 2. The molecule has 5 nitrogen and oxygen atoms in total. The van der Waals surface area contributed by atoms with Gasteiger partial charge in [0, 0.05) is 36.9 Å². The molecule has 2 amide bonds. The number of hydrogen-bond donors (Lipinski definition) is 1. The number of likely N-dealkylation sites (tertiary alicyclic amines) is 1. The van der Waals surface area contributed by atoms with Crippen molar-refractivity contribution in [2.45, 2.75) is 32.1 Å². The van der Waals surface area contributed by atoms with Crippen molar-refractivity contribution < 1.29 is 9.59 Å². The molecule has 1 N–H and O–H groups in total. The van der Waals surface area contributed by atoms with E-state index in [9.17, 15) is 9.59 Å². The molecule has 0 bridgehead atoms. The Morgan fingerprint density at radius 1 is 1.06 bits per heavy atom. The largest absolute Gasteiger partial charge is 0.355 e. The number of para-hydroxylation sites is 1. The molecule has 3 heterocycles. The summed E-state index contributed by atoms with van der Waals surface area (Å²) >= 11 is 0. The molecule has 2 aliphatic heterocycles. The molecule has 3 aliphatic rings. The van der Waals surface area contributed by atoms with E-state index in [-0.39, 0.29) is 17.2 Å². The van der Waals surface area contributed by atoms with Gasteiger partial charge in [-0.05, 0) is 54.5 Å². The lowest BCUT2D eigenvalue weighted by Gasteiger charge is -2.26. The zero-order chi connectivity index (χ0) is 22.4. The van der Waals surface area contributed by atoms with E-state index in [1.165, 1.54) is 5.57 Å². The van der Waals surface area contributed by atoms with Gasteiger partial charge in [0.2, 0.25) is 5.91 Å². The minimum absolute atomic E-state index is 0.0852. The van der Waals surface area contributed by atoms with Crippen molar-refractivity contribution in [3.63, 3.8) is 0 Å². The Hall–Kier alpha value is -3.47. The Morgan fingerprint density at radius 3 is 2.70 bits per heavy atom. The molecule has 2 fully saturated rings. The predicted molar refractivity (Wildman–Crippen MR) is 130 cm³/mol. The first-order chi connectivity index (χ1) is 16.1. The fourth-order valence-electron chi connectivity index (χ4n) is 5.78. The number of pyridine rings is 1. The van der Waals surface area contributed by atoms with Gasteiger partial charge in [-0.25, -0.2) is 4.98 Å². The van der Waals surface area contributed by atoms with Crippen molar-refractivity contribution >= 4 is 34.4 Å². The summed E-state index contributed by atoms with van der Waals surface area (Å²) in [4.78, 5) is 32.9. The Kier molecular flexibility index (Phi) is 4.79. The quantitative estimate of drug-likeness (QED) is 0.644. The Morgan fingerprint density at radius 2 is 1.88 bits per heavy atom. The molecular weight excluding hydrogens is 410 g/mol. The average molecular weight is 438 g/mol. The van der Waals surface area contributed by atoms with Gasteiger partial charge in [-0.15, -0.1) is 0 Å². The first-order valence-electron chi connectivity index (χ1n) is 11.9. The van der Waals surface area contributed by atoms with E-state index in [1.54, 1.807) is 0 Å². The number of nitrogens with zero attached hydrogens (tertiary/aromatic N) is 2. The highest BCUT2D eigenvalue weighted by atomic mass is 16.2. The van der Waals surface area contributed by atoms with Crippen LogP contribution in [0.1, 0.15) is 52.9 Å². The van der Waals surface area contributed by atoms with Crippen molar-refractivity contribution in [2.75, 3.05) is 19.6 Å². The molecule has 1 aromatic heterocycles. The van der Waals surface area contributed by atoms with Gasteiger partial charge in [0.05, 0.1) is 16.8 Å². The van der Waals surface area contributed by atoms with Crippen LogP contribution in [0.4, 0.5) is 0 Å². The van der Waals surface area contributed by atoms with E-state index >= 15 is 0 Å². The SMILES string of the molecule is O=C1CC2(CCN(C(=O)c3c4c(nc5ccccc35)/C(=C\c3ccccc3)CCC4)C2)CN1. The van der Waals surface area contributed by atoms with Crippen LogP contribution in [0.5, 0.6) is 0 Å². The number of fused-ring (bicyclic) bond motifs is 2. The number of hydrogen-bond acceptors (Lipinski definition) is 3. The maximum Gasteiger partial charge on any atom is 0.254 e. The molecular formula is C28H27N3O2. The van der Waals surface area contributed by atoms with Crippen molar-refractivity contribution in [3.05, 3.63) is 77.0 Å². The summed E-state index contributed by atoms with van der Waals surface area (Å²) in [5.74, 6) is 0.189. The fourth-order valence-corrected chi connectivity index (χ4v) is 5.78. The van der Waals surface area contributed by atoms with E-state index in [2.05, 4.69) is 23.5 Å². The molecule has 2 saturated heterocycles. The molecule has 33 heavy (non-hydrogen) atoms. The first-order valence-corrected chi connectivity index (χ1v) is 11.9. The highest BCUT2D eigenvalue weighted by Crippen LogP contribution is 2.40. The minimum atomic E-state index is -0.103. The van der Waals surface area contributed by atoms with E-state index in [4.69, 9.17) is 4.98 Å². The molecule has 0 radical (unpaired) electrons. The molecule has 6 rings (SSSR count). The van der Waals surface area contributed by atoms with Crippen LogP contribution in [0.2, 0.25) is 0 Å². The van der Waals surface area contributed by atoms with Crippen LogP contribution >= 0.6 is 0 Å². The number of rotatable bonds is 2. The predicted octanol–water partition coefficient (Wildman–Crippen LogP) is 4.46. The monoisotopic (exact) mass is 437 g/mol. The molecule has 1 atom stereocenters. The summed E-state index contributed by atoms with van der Waals surface area (Å²) in [5.41, 5.74) is 5.98. The van der Waals surface area contributed by atoms with Crippen molar-refractivity contribution in [1.29, 1.82) is 0 Å². The third kappa shape index (κ3) is 3.52. The summed E-state index contributed by atoms with van der Waals surface area (Å²) in [6.07, 6.45) is 6.45. The summed E-state index contributed by atoms with van der Waals surface area (Å²) in [5, 5.41) is 3.90. The fraction of sp³-hybridized carbons (Fsp3) is 0.321. The molecule has 1 unspecified atom stereocenters. The molecule has 2 aromatic carbocycles. The zero-order valence-electron chi connectivity index (χ0n) is 18.6. The van der Waals surface area contributed by atoms with Crippen LogP contribution in [0.3, 0.4) is 0 Å². The van der Waals surface area contributed by atoms with Crippen LogP contribution in [0.15, 0.2) is 54.6 Å². The van der Waals surface area contributed by atoms with Gasteiger partial charge in [-0.2, -0.15) is 0 Å². The summed E-state index contributed by atoms with van der Waals surface area (Å²) in [6.45, 7) is 2.02. The van der Waals surface area contributed by atoms with Crippen LogP contribution in [0, 0.1) is 5.41 Å². The van der Waals surface area contributed by atoms with Crippen LogP contribution < -0.4 is 5.32 Å². The Labute approximate surface area is 193 Å². The molecule has 166 valence electrons. The number of carbonyl (C=O) groups excluding carboxylic acids is 2. The van der Waals surface area contributed by atoms with Gasteiger partial charge in [0.25, 0.3) is 5.91 Å².